The highest BCUT2D eigenvalue weighted by Crippen LogP contribution is 2.20. The maximum Gasteiger partial charge on any atom is 0.101 e. The van der Waals surface area contributed by atoms with Crippen molar-refractivity contribution in [1.82, 2.24) is 5.32 Å². The van der Waals surface area contributed by atoms with Gasteiger partial charge in [0, 0.05) is 17.6 Å². The predicted octanol–water partition coefficient (Wildman–Crippen LogP) is 2.77. The molecule has 90 valence electrons. The zero-order chi connectivity index (χ0) is 12.1. The number of rotatable bonds is 4. The first kappa shape index (κ1) is 12.2. The molecule has 1 fully saturated rings. The van der Waals surface area contributed by atoms with Crippen molar-refractivity contribution < 1.29 is 0 Å². The van der Waals surface area contributed by atoms with Gasteiger partial charge >= 0.3 is 0 Å². The average Bonchev–Trinajstić information content (AvgIpc) is 2.84. The van der Waals surface area contributed by atoms with Gasteiger partial charge in [-0.25, -0.2) is 0 Å². The van der Waals surface area contributed by atoms with Crippen LogP contribution in [0.4, 0.5) is 5.69 Å². The topological polar surface area (TPSA) is 47.9 Å². The second-order valence-corrected chi connectivity index (χ2v) is 4.75. The summed E-state index contributed by atoms with van der Waals surface area (Å²) in [5.41, 5.74) is 1.48. The first-order valence-corrected chi connectivity index (χ1v) is 6.34. The summed E-state index contributed by atoms with van der Waals surface area (Å²) < 4.78 is 0. The van der Waals surface area contributed by atoms with Crippen LogP contribution in [0.15, 0.2) is 18.2 Å². The van der Waals surface area contributed by atoms with Crippen molar-refractivity contribution in [3.8, 4) is 6.07 Å². The summed E-state index contributed by atoms with van der Waals surface area (Å²) in [6, 6.07) is 8.14. The Bertz CT molecular complexity index is 419. The van der Waals surface area contributed by atoms with Crippen molar-refractivity contribution in [2.45, 2.75) is 25.3 Å². The highest BCUT2D eigenvalue weighted by Gasteiger charge is 2.13. The minimum atomic E-state index is 0.601. The molecular formula is C13H16ClN3. The van der Waals surface area contributed by atoms with Crippen LogP contribution in [-0.2, 0) is 0 Å². The lowest BCUT2D eigenvalue weighted by atomic mass is 10.1. The van der Waals surface area contributed by atoms with E-state index in [1.165, 1.54) is 12.8 Å². The van der Waals surface area contributed by atoms with Gasteiger partial charge in [0.25, 0.3) is 0 Å². The van der Waals surface area contributed by atoms with Crippen LogP contribution in [0.25, 0.3) is 0 Å². The normalized spacial score (nSPS) is 18.9. The third kappa shape index (κ3) is 3.36. The quantitative estimate of drug-likeness (QED) is 0.863. The van der Waals surface area contributed by atoms with Crippen LogP contribution in [0, 0.1) is 11.3 Å². The number of nitrogens with zero attached hydrogens (tertiary/aromatic N) is 1. The van der Waals surface area contributed by atoms with Crippen molar-refractivity contribution in [2.24, 2.45) is 0 Å². The lowest BCUT2D eigenvalue weighted by Gasteiger charge is -2.12. The van der Waals surface area contributed by atoms with E-state index in [4.69, 9.17) is 16.9 Å². The number of halogens is 1. The summed E-state index contributed by atoms with van der Waals surface area (Å²) in [6.07, 6.45) is 3.62. The zero-order valence-corrected chi connectivity index (χ0v) is 10.4. The molecule has 0 aliphatic carbocycles. The Hall–Kier alpha value is -1.24. The Kier molecular flexibility index (Phi) is 4.24. The standard InChI is InChI=1S/C13H16ClN3/c14-11-3-4-13(10(8-11)9-15)17-7-5-12-2-1-6-16-12/h3-4,8,12,16-17H,1-2,5-7H2. The van der Waals surface area contributed by atoms with Gasteiger partial charge in [0.05, 0.1) is 11.3 Å². The molecule has 1 unspecified atom stereocenters. The number of hydrogen-bond donors (Lipinski definition) is 2. The first-order valence-electron chi connectivity index (χ1n) is 5.96. The molecule has 1 aromatic carbocycles. The van der Waals surface area contributed by atoms with E-state index in [9.17, 15) is 0 Å². The molecule has 2 N–H and O–H groups in total. The van der Waals surface area contributed by atoms with E-state index < -0.39 is 0 Å². The average molecular weight is 250 g/mol. The molecule has 1 aliphatic rings. The van der Waals surface area contributed by atoms with Crippen LogP contribution in [0.2, 0.25) is 5.02 Å². The Morgan fingerprint density at radius 2 is 2.41 bits per heavy atom. The van der Waals surface area contributed by atoms with Crippen molar-refractivity contribution >= 4 is 17.3 Å². The van der Waals surface area contributed by atoms with Gasteiger partial charge in [-0.05, 0) is 44.0 Å². The molecule has 2 rings (SSSR count). The minimum absolute atomic E-state index is 0.601. The molecule has 3 nitrogen and oxygen atoms in total. The Balaban J connectivity index is 1.88. The van der Waals surface area contributed by atoms with Gasteiger partial charge in [-0.1, -0.05) is 11.6 Å². The van der Waals surface area contributed by atoms with E-state index in [2.05, 4.69) is 16.7 Å². The van der Waals surface area contributed by atoms with Crippen LogP contribution < -0.4 is 10.6 Å². The van der Waals surface area contributed by atoms with Crippen LogP contribution in [-0.4, -0.2) is 19.1 Å². The fourth-order valence-electron chi connectivity index (χ4n) is 2.15. The van der Waals surface area contributed by atoms with Crippen LogP contribution in [0.3, 0.4) is 0 Å². The molecule has 0 saturated carbocycles. The molecule has 4 heteroatoms. The highest BCUT2D eigenvalue weighted by molar-refractivity contribution is 6.30. The lowest BCUT2D eigenvalue weighted by Crippen LogP contribution is -2.24. The maximum absolute atomic E-state index is 8.99. The van der Waals surface area contributed by atoms with Crippen LogP contribution in [0.1, 0.15) is 24.8 Å². The molecule has 0 spiro atoms. The fraction of sp³-hybridized carbons (Fsp3) is 0.462. The van der Waals surface area contributed by atoms with Gasteiger partial charge in [0.15, 0.2) is 0 Å². The second kappa shape index (κ2) is 5.90. The van der Waals surface area contributed by atoms with Gasteiger partial charge in [0.2, 0.25) is 0 Å². The molecule has 17 heavy (non-hydrogen) atoms. The summed E-state index contributed by atoms with van der Waals surface area (Å²) in [5, 5.41) is 16.3. The SMILES string of the molecule is N#Cc1cc(Cl)ccc1NCCC1CCCN1. The van der Waals surface area contributed by atoms with Gasteiger partial charge in [-0.3, -0.25) is 0 Å². The summed E-state index contributed by atoms with van der Waals surface area (Å²) in [6.45, 7) is 2.02. The molecule has 0 radical (unpaired) electrons. The summed E-state index contributed by atoms with van der Waals surface area (Å²) in [7, 11) is 0. The van der Waals surface area contributed by atoms with Crippen molar-refractivity contribution in [3.05, 3.63) is 28.8 Å². The molecule has 1 aliphatic heterocycles. The summed E-state index contributed by atoms with van der Waals surface area (Å²) in [4.78, 5) is 0. The Morgan fingerprint density at radius 3 is 3.12 bits per heavy atom. The molecule has 1 saturated heterocycles. The van der Waals surface area contributed by atoms with Gasteiger partial charge < -0.3 is 10.6 Å². The maximum atomic E-state index is 8.99. The van der Waals surface area contributed by atoms with Gasteiger partial charge in [-0.2, -0.15) is 5.26 Å². The molecular weight excluding hydrogens is 234 g/mol. The molecule has 0 bridgehead atoms. The third-order valence-corrected chi connectivity index (χ3v) is 3.31. The minimum Gasteiger partial charge on any atom is -0.384 e. The highest BCUT2D eigenvalue weighted by atomic mass is 35.5. The zero-order valence-electron chi connectivity index (χ0n) is 9.67. The third-order valence-electron chi connectivity index (χ3n) is 3.07. The number of anilines is 1. The molecule has 1 aromatic rings. The van der Waals surface area contributed by atoms with Crippen molar-refractivity contribution in [1.29, 1.82) is 5.26 Å². The first-order chi connectivity index (χ1) is 8.29. The number of nitriles is 1. The van der Waals surface area contributed by atoms with Crippen molar-refractivity contribution in [3.63, 3.8) is 0 Å². The molecule has 1 atom stereocenters. The fourth-order valence-corrected chi connectivity index (χ4v) is 2.32. The number of hydrogen-bond acceptors (Lipinski definition) is 3. The van der Waals surface area contributed by atoms with E-state index in [0.717, 1.165) is 25.2 Å². The number of nitrogens with one attached hydrogen (secondary N) is 2. The predicted molar refractivity (Wildman–Crippen MR) is 70.3 cm³/mol. The largest absolute Gasteiger partial charge is 0.384 e. The summed E-state index contributed by atoms with van der Waals surface area (Å²) in [5.74, 6) is 0. The van der Waals surface area contributed by atoms with Gasteiger partial charge in [0.1, 0.15) is 6.07 Å². The monoisotopic (exact) mass is 249 g/mol. The van der Waals surface area contributed by atoms with Crippen molar-refractivity contribution in [2.75, 3.05) is 18.4 Å². The van der Waals surface area contributed by atoms with E-state index in [0.29, 0.717) is 16.6 Å². The molecule has 0 aromatic heterocycles. The van der Waals surface area contributed by atoms with E-state index in [-0.39, 0.29) is 0 Å². The summed E-state index contributed by atoms with van der Waals surface area (Å²) >= 11 is 5.84. The van der Waals surface area contributed by atoms with E-state index in [1.807, 2.05) is 6.07 Å². The Labute approximate surface area is 107 Å². The van der Waals surface area contributed by atoms with E-state index in [1.54, 1.807) is 12.1 Å². The van der Waals surface area contributed by atoms with Gasteiger partial charge in [-0.15, -0.1) is 0 Å². The Morgan fingerprint density at radius 1 is 1.53 bits per heavy atom. The smallest absolute Gasteiger partial charge is 0.101 e. The van der Waals surface area contributed by atoms with Crippen LogP contribution >= 0.6 is 11.6 Å². The second-order valence-electron chi connectivity index (χ2n) is 4.31. The lowest BCUT2D eigenvalue weighted by molar-refractivity contribution is 0.574. The molecule has 1 heterocycles. The molecule has 0 amide bonds. The number of benzene rings is 1. The van der Waals surface area contributed by atoms with Crippen LogP contribution in [0.5, 0.6) is 0 Å². The van der Waals surface area contributed by atoms with E-state index >= 15 is 0 Å².